The molecule has 0 saturated heterocycles. The second-order valence-corrected chi connectivity index (χ2v) is 11.9. The van der Waals surface area contributed by atoms with Crippen molar-refractivity contribution in [3.8, 4) is 0 Å². The van der Waals surface area contributed by atoms with Crippen molar-refractivity contribution in [2.75, 3.05) is 13.3 Å². The third kappa shape index (κ3) is 5.75. The van der Waals surface area contributed by atoms with E-state index >= 15 is 0 Å². The highest BCUT2D eigenvalue weighted by atomic mass is 28.3. The summed E-state index contributed by atoms with van der Waals surface area (Å²) < 4.78 is 7.43. The van der Waals surface area contributed by atoms with Crippen LogP contribution in [0, 0.1) is 19.3 Å². The van der Waals surface area contributed by atoms with Gasteiger partial charge in [-0.1, -0.05) is 19.6 Å². The fraction of sp³-hybridized carbons (Fsp3) is 0.533. The first-order chi connectivity index (χ1) is 9.31. The summed E-state index contributed by atoms with van der Waals surface area (Å²) in [6.07, 6.45) is 3.53. The van der Waals surface area contributed by atoms with E-state index in [1.54, 1.807) is 12.3 Å². The van der Waals surface area contributed by atoms with Crippen LogP contribution >= 0.6 is 0 Å². The van der Waals surface area contributed by atoms with Gasteiger partial charge in [-0.15, -0.1) is 0 Å². The number of aromatic nitrogens is 1. The van der Waals surface area contributed by atoms with Crippen molar-refractivity contribution in [3.63, 3.8) is 0 Å². The average Bonchev–Trinajstić information content (AvgIpc) is 2.66. The predicted octanol–water partition coefficient (Wildman–Crippen LogP) is 3.35. The maximum absolute atomic E-state index is 8.03. The minimum Gasteiger partial charge on any atom is -0.369 e. The lowest BCUT2D eigenvalue weighted by Crippen LogP contribution is -2.23. The summed E-state index contributed by atoms with van der Waals surface area (Å²) in [5.74, 6) is 0.458. The van der Waals surface area contributed by atoms with Crippen LogP contribution in [0.5, 0.6) is 0 Å². The van der Waals surface area contributed by atoms with E-state index in [1.807, 2.05) is 30.5 Å². The smallest absolute Gasteiger partial charge is 0.130 e. The molecule has 0 amide bonds. The number of allylic oxidation sites excluding steroid dienone is 1. The third-order valence-corrected chi connectivity index (χ3v) is 4.76. The molecule has 0 aliphatic rings. The Morgan fingerprint density at radius 2 is 1.90 bits per heavy atom. The summed E-state index contributed by atoms with van der Waals surface area (Å²) in [7, 11) is -1.00. The molecule has 5 heteroatoms. The van der Waals surface area contributed by atoms with Gasteiger partial charge in [-0.05, 0) is 38.1 Å². The number of nitrogens with one attached hydrogen (secondary N) is 2. The summed E-state index contributed by atoms with van der Waals surface area (Å²) >= 11 is 0. The van der Waals surface area contributed by atoms with E-state index in [-0.39, 0.29) is 0 Å². The SMILES string of the molecule is Cc1ccc(C)n1C(=N)/C=C\NCOCC[Si](C)(C)C. The number of aryl methyl sites for hydroxylation is 2. The van der Waals surface area contributed by atoms with Gasteiger partial charge in [0, 0.05) is 32.3 Å². The average molecular weight is 293 g/mol. The van der Waals surface area contributed by atoms with E-state index in [2.05, 4.69) is 25.0 Å². The summed E-state index contributed by atoms with van der Waals surface area (Å²) in [5, 5.41) is 11.1. The van der Waals surface area contributed by atoms with Crippen LogP contribution in [0.4, 0.5) is 0 Å². The first kappa shape index (κ1) is 16.7. The van der Waals surface area contributed by atoms with E-state index in [1.165, 1.54) is 6.04 Å². The van der Waals surface area contributed by atoms with E-state index < -0.39 is 8.07 Å². The Labute approximate surface area is 123 Å². The third-order valence-electron chi connectivity index (χ3n) is 3.05. The van der Waals surface area contributed by atoms with Crippen molar-refractivity contribution in [1.82, 2.24) is 9.88 Å². The van der Waals surface area contributed by atoms with Crippen LogP contribution in [0.3, 0.4) is 0 Å². The van der Waals surface area contributed by atoms with Crippen LogP contribution in [0.2, 0.25) is 25.7 Å². The highest BCUT2D eigenvalue weighted by Crippen LogP contribution is 2.07. The maximum Gasteiger partial charge on any atom is 0.130 e. The molecule has 0 unspecified atom stereocenters. The molecule has 0 bridgehead atoms. The van der Waals surface area contributed by atoms with Crippen LogP contribution in [0.1, 0.15) is 11.4 Å². The molecule has 112 valence electrons. The Kier molecular flexibility index (Phi) is 6.23. The molecule has 4 nitrogen and oxygen atoms in total. The second-order valence-electron chi connectivity index (χ2n) is 6.24. The van der Waals surface area contributed by atoms with Crippen LogP contribution < -0.4 is 5.32 Å². The Morgan fingerprint density at radius 3 is 2.45 bits per heavy atom. The molecule has 0 aliphatic heterocycles. The van der Waals surface area contributed by atoms with Gasteiger partial charge in [0.15, 0.2) is 0 Å². The van der Waals surface area contributed by atoms with Crippen LogP contribution in [0.15, 0.2) is 24.4 Å². The van der Waals surface area contributed by atoms with Crippen LogP contribution in [0.25, 0.3) is 0 Å². The molecular formula is C15H27N3OSi. The minimum atomic E-state index is -1.00. The van der Waals surface area contributed by atoms with Crippen molar-refractivity contribution >= 4 is 13.9 Å². The number of hydrogen-bond donors (Lipinski definition) is 2. The highest BCUT2D eigenvalue weighted by Gasteiger charge is 2.11. The van der Waals surface area contributed by atoms with E-state index in [0.29, 0.717) is 12.6 Å². The standard InChI is InChI=1S/C15H27N3OSi/c1-13-6-7-14(2)18(13)15(16)8-9-17-12-19-10-11-20(3,4)5/h6-9,16-17H,10-12H2,1-5H3/b9-8-,16-15?. The van der Waals surface area contributed by atoms with Crippen molar-refractivity contribution in [2.24, 2.45) is 0 Å². The molecule has 1 aromatic heterocycles. The van der Waals surface area contributed by atoms with Crippen LogP contribution in [-0.4, -0.2) is 31.8 Å². The van der Waals surface area contributed by atoms with Gasteiger partial charge in [-0.2, -0.15) is 0 Å². The van der Waals surface area contributed by atoms with Gasteiger partial charge >= 0.3 is 0 Å². The van der Waals surface area contributed by atoms with Gasteiger partial charge in [0.25, 0.3) is 0 Å². The molecule has 1 rings (SSSR count). The van der Waals surface area contributed by atoms with Gasteiger partial charge in [0.05, 0.1) is 0 Å². The maximum atomic E-state index is 8.03. The normalized spacial score (nSPS) is 12.1. The van der Waals surface area contributed by atoms with Gasteiger partial charge in [-0.3, -0.25) is 5.41 Å². The number of ether oxygens (including phenoxy) is 1. The van der Waals surface area contributed by atoms with Crippen molar-refractivity contribution in [1.29, 1.82) is 5.41 Å². The Hall–Kier alpha value is -1.33. The number of nitrogens with zero attached hydrogens (tertiary/aromatic N) is 1. The van der Waals surface area contributed by atoms with E-state index in [0.717, 1.165) is 18.0 Å². The molecule has 0 spiro atoms. The molecule has 0 atom stereocenters. The molecule has 1 heterocycles. The largest absolute Gasteiger partial charge is 0.369 e. The Balaban J connectivity index is 2.27. The van der Waals surface area contributed by atoms with Crippen LogP contribution in [-0.2, 0) is 4.74 Å². The minimum absolute atomic E-state index is 0.458. The number of rotatable bonds is 7. The lowest BCUT2D eigenvalue weighted by Gasteiger charge is -2.15. The van der Waals surface area contributed by atoms with E-state index in [9.17, 15) is 0 Å². The zero-order valence-electron chi connectivity index (χ0n) is 13.3. The zero-order valence-corrected chi connectivity index (χ0v) is 14.3. The molecule has 0 fully saturated rings. The topological polar surface area (TPSA) is 50.0 Å². The first-order valence-corrected chi connectivity index (χ1v) is 10.7. The fourth-order valence-electron chi connectivity index (χ4n) is 1.82. The van der Waals surface area contributed by atoms with Crippen molar-refractivity contribution in [2.45, 2.75) is 39.5 Å². The molecule has 20 heavy (non-hydrogen) atoms. The molecule has 2 N–H and O–H groups in total. The molecule has 0 saturated carbocycles. The van der Waals surface area contributed by atoms with E-state index in [4.69, 9.17) is 10.1 Å². The fourth-order valence-corrected chi connectivity index (χ4v) is 2.58. The summed E-state index contributed by atoms with van der Waals surface area (Å²) in [4.78, 5) is 0. The molecule has 0 aromatic carbocycles. The van der Waals surface area contributed by atoms with Gasteiger partial charge < -0.3 is 14.6 Å². The predicted molar refractivity (Wildman–Crippen MR) is 88.3 cm³/mol. The summed E-state index contributed by atoms with van der Waals surface area (Å²) in [6.45, 7) is 12.3. The van der Waals surface area contributed by atoms with Gasteiger partial charge in [-0.25, -0.2) is 0 Å². The summed E-state index contributed by atoms with van der Waals surface area (Å²) in [5.41, 5.74) is 2.15. The molecular weight excluding hydrogens is 266 g/mol. The van der Waals surface area contributed by atoms with Gasteiger partial charge in [0.2, 0.25) is 0 Å². The Bertz CT molecular complexity index is 452. The highest BCUT2D eigenvalue weighted by molar-refractivity contribution is 6.76. The summed E-state index contributed by atoms with van der Waals surface area (Å²) in [6, 6.07) is 5.21. The zero-order chi connectivity index (χ0) is 15.2. The number of hydrogen-bond acceptors (Lipinski definition) is 3. The lowest BCUT2D eigenvalue weighted by molar-refractivity contribution is 0.137. The van der Waals surface area contributed by atoms with Crippen molar-refractivity contribution in [3.05, 3.63) is 35.8 Å². The lowest BCUT2D eigenvalue weighted by atomic mass is 10.4. The quantitative estimate of drug-likeness (QED) is 0.266. The monoisotopic (exact) mass is 293 g/mol. The molecule has 1 aromatic rings. The van der Waals surface area contributed by atoms with Crippen molar-refractivity contribution < 1.29 is 4.74 Å². The molecule has 0 radical (unpaired) electrons. The molecule has 0 aliphatic carbocycles. The first-order valence-electron chi connectivity index (χ1n) is 7.03. The van der Waals surface area contributed by atoms with Gasteiger partial charge in [0.1, 0.15) is 12.6 Å². The Morgan fingerprint density at radius 1 is 1.30 bits per heavy atom. The second kappa shape index (κ2) is 7.45.